The summed E-state index contributed by atoms with van der Waals surface area (Å²) >= 11 is 0. The number of piperidine rings is 1. The topological polar surface area (TPSA) is 71.2 Å². The maximum Gasteiger partial charge on any atom is 0.254 e. The van der Waals surface area contributed by atoms with Crippen LogP contribution in [0.15, 0.2) is 36.9 Å². The minimum Gasteiger partial charge on any atom is -0.396 e. The normalized spacial score (nSPS) is 18.4. The SMILES string of the molecule is O=C(c1ccccc1Cn1cncn1)N1CCCC(CO)C1. The first-order valence-corrected chi connectivity index (χ1v) is 7.58. The fourth-order valence-electron chi connectivity index (χ4n) is 2.92. The van der Waals surface area contributed by atoms with Crippen LogP contribution in [0.3, 0.4) is 0 Å². The quantitative estimate of drug-likeness (QED) is 0.920. The Morgan fingerprint density at radius 2 is 2.23 bits per heavy atom. The van der Waals surface area contributed by atoms with E-state index in [0.29, 0.717) is 18.7 Å². The zero-order valence-corrected chi connectivity index (χ0v) is 12.4. The largest absolute Gasteiger partial charge is 0.396 e. The van der Waals surface area contributed by atoms with Crippen molar-refractivity contribution in [2.45, 2.75) is 19.4 Å². The van der Waals surface area contributed by atoms with Crippen molar-refractivity contribution in [3.63, 3.8) is 0 Å². The third kappa shape index (κ3) is 3.17. The van der Waals surface area contributed by atoms with Crippen LogP contribution in [0, 0.1) is 5.92 Å². The molecule has 1 N–H and O–H groups in total. The number of nitrogens with zero attached hydrogens (tertiary/aromatic N) is 4. The van der Waals surface area contributed by atoms with Gasteiger partial charge in [0.1, 0.15) is 12.7 Å². The number of hydrogen-bond donors (Lipinski definition) is 1. The van der Waals surface area contributed by atoms with Gasteiger partial charge in [0, 0.05) is 25.3 Å². The van der Waals surface area contributed by atoms with Gasteiger partial charge in [-0.2, -0.15) is 5.10 Å². The summed E-state index contributed by atoms with van der Waals surface area (Å²) in [4.78, 5) is 18.6. The lowest BCUT2D eigenvalue weighted by Crippen LogP contribution is -2.41. The summed E-state index contributed by atoms with van der Waals surface area (Å²) in [5.74, 6) is 0.231. The van der Waals surface area contributed by atoms with Crippen LogP contribution in [0.4, 0.5) is 0 Å². The molecule has 1 saturated heterocycles. The van der Waals surface area contributed by atoms with Crippen molar-refractivity contribution in [2.24, 2.45) is 5.92 Å². The molecule has 0 spiro atoms. The molecule has 1 amide bonds. The second kappa shape index (κ2) is 6.70. The molecule has 0 radical (unpaired) electrons. The predicted octanol–water partition coefficient (Wildman–Crippen LogP) is 1.17. The van der Waals surface area contributed by atoms with E-state index in [0.717, 1.165) is 24.9 Å². The van der Waals surface area contributed by atoms with Crippen molar-refractivity contribution in [1.29, 1.82) is 0 Å². The molecule has 22 heavy (non-hydrogen) atoms. The van der Waals surface area contributed by atoms with E-state index >= 15 is 0 Å². The van der Waals surface area contributed by atoms with Crippen molar-refractivity contribution < 1.29 is 9.90 Å². The Bertz CT molecular complexity index is 627. The fraction of sp³-hybridized carbons (Fsp3) is 0.438. The number of aromatic nitrogens is 3. The van der Waals surface area contributed by atoms with Gasteiger partial charge in [-0.3, -0.25) is 4.79 Å². The molecule has 6 heteroatoms. The average molecular weight is 300 g/mol. The molecule has 3 rings (SSSR count). The van der Waals surface area contributed by atoms with Gasteiger partial charge in [0.05, 0.1) is 6.54 Å². The van der Waals surface area contributed by atoms with Gasteiger partial charge in [-0.1, -0.05) is 18.2 Å². The lowest BCUT2D eigenvalue weighted by molar-refractivity contribution is 0.0619. The molecule has 1 unspecified atom stereocenters. The van der Waals surface area contributed by atoms with E-state index in [1.54, 1.807) is 11.0 Å². The number of carbonyl (C=O) groups is 1. The molecule has 2 aromatic rings. The van der Waals surface area contributed by atoms with Crippen molar-refractivity contribution in [3.05, 3.63) is 48.0 Å². The predicted molar refractivity (Wildman–Crippen MR) is 81.3 cm³/mol. The number of aliphatic hydroxyl groups excluding tert-OH is 1. The zero-order valence-electron chi connectivity index (χ0n) is 12.4. The van der Waals surface area contributed by atoms with Crippen molar-refractivity contribution in [3.8, 4) is 0 Å². The number of aliphatic hydroxyl groups is 1. The highest BCUT2D eigenvalue weighted by Crippen LogP contribution is 2.20. The van der Waals surface area contributed by atoms with Crippen LogP contribution in [0.5, 0.6) is 0 Å². The minimum absolute atomic E-state index is 0.0360. The number of hydrogen-bond acceptors (Lipinski definition) is 4. The lowest BCUT2D eigenvalue weighted by atomic mass is 9.97. The van der Waals surface area contributed by atoms with Crippen molar-refractivity contribution >= 4 is 5.91 Å². The fourth-order valence-corrected chi connectivity index (χ4v) is 2.92. The first-order chi connectivity index (χ1) is 10.8. The van der Waals surface area contributed by atoms with Gasteiger partial charge in [-0.05, 0) is 30.4 Å². The molecule has 116 valence electrons. The lowest BCUT2D eigenvalue weighted by Gasteiger charge is -2.32. The van der Waals surface area contributed by atoms with Crippen LogP contribution in [0.25, 0.3) is 0 Å². The molecule has 1 fully saturated rings. The molecular weight excluding hydrogens is 280 g/mol. The summed E-state index contributed by atoms with van der Waals surface area (Å²) < 4.78 is 1.71. The maximum atomic E-state index is 12.8. The molecule has 0 saturated carbocycles. The molecule has 0 bridgehead atoms. The van der Waals surface area contributed by atoms with E-state index in [1.165, 1.54) is 6.33 Å². The van der Waals surface area contributed by atoms with Gasteiger partial charge in [0.25, 0.3) is 5.91 Å². The Hall–Kier alpha value is -2.21. The average Bonchev–Trinajstić information content (AvgIpc) is 3.08. The van der Waals surface area contributed by atoms with Gasteiger partial charge in [0.2, 0.25) is 0 Å². The first-order valence-electron chi connectivity index (χ1n) is 7.58. The van der Waals surface area contributed by atoms with Crippen LogP contribution in [-0.4, -0.2) is 50.4 Å². The van der Waals surface area contributed by atoms with Crippen LogP contribution < -0.4 is 0 Å². The smallest absolute Gasteiger partial charge is 0.254 e. The molecule has 1 aliphatic heterocycles. The van der Waals surface area contributed by atoms with E-state index in [1.807, 2.05) is 29.2 Å². The highest BCUT2D eigenvalue weighted by Gasteiger charge is 2.25. The van der Waals surface area contributed by atoms with Gasteiger partial charge in [0.15, 0.2) is 0 Å². The van der Waals surface area contributed by atoms with E-state index in [4.69, 9.17) is 0 Å². The van der Waals surface area contributed by atoms with Crippen molar-refractivity contribution in [2.75, 3.05) is 19.7 Å². The van der Waals surface area contributed by atoms with Crippen LogP contribution in [-0.2, 0) is 6.54 Å². The van der Waals surface area contributed by atoms with E-state index in [2.05, 4.69) is 10.1 Å². The monoisotopic (exact) mass is 300 g/mol. The molecule has 6 nitrogen and oxygen atoms in total. The number of amides is 1. The first kappa shape index (κ1) is 14.7. The third-order valence-electron chi connectivity index (χ3n) is 4.11. The third-order valence-corrected chi connectivity index (χ3v) is 4.11. The summed E-state index contributed by atoms with van der Waals surface area (Å²) in [6.07, 6.45) is 5.06. The second-order valence-electron chi connectivity index (χ2n) is 5.69. The van der Waals surface area contributed by atoms with Gasteiger partial charge >= 0.3 is 0 Å². The summed E-state index contributed by atoms with van der Waals surface area (Å²) in [5.41, 5.74) is 1.64. The Morgan fingerprint density at radius 1 is 1.36 bits per heavy atom. The van der Waals surface area contributed by atoms with Gasteiger partial charge in [-0.25, -0.2) is 9.67 Å². The Balaban J connectivity index is 1.80. The van der Waals surface area contributed by atoms with Crippen LogP contribution in [0.2, 0.25) is 0 Å². The highest BCUT2D eigenvalue weighted by molar-refractivity contribution is 5.95. The minimum atomic E-state index is 0.0360. The summed E-state index contributed by atoms with van der Waals surface area (Å²) in [7, 11) is 0. The molecule has 2 heterocycles. The highest BCUT2D eigenvalue weighted by atomic mass is 16.3. The van der Waals surface area contributed by atoms with Crippen LogP contribution >= 0.6 is 0 Å². The van der Waals surface area contributed by atoms with E-state index < -0.39 is 0 Å². The number of carbonyl (C=O) groups excluding carboxylic acids is 1. The summed E-state index contributed by atoms with van der Waals surface area (Å²) in [5, 5.41) is 13.4. The Kier molecular flexibility index (Phi) is 4.48. The van der Waals surface area contributed by atoms with Gasteiger partial charge < -0.3 is 10.0 Å². The van der Waals surface area contributed by atoms with E-state index in [9.17, 15) is 9.90 Å². The van der Waals surface area contributed by atoms with Gasteiger partial charge in [-0.15, -0.1) is 0 Å². The van der Waals surface area contributed by atoms with E-state index in [-0.39, 0.29) is 18.4 Å². The molecule has 1 aliphatic rings. The van der Waals surface area contributed by atoms with Crippen molar-refractivity contribution in [1.82, 2.24) is 19.7 Å². The number of benzene rings is 1. The molecule has 0 aliphatic carbocycles. The van der Waals surface area contributed by atoms with Crippen LogP contribution in [0.1, 0.15) is 28.8 Å². The zero-order chi connectivity index (χ0) is 15.4. The Labute approximate surface area is 129 Å². The Morgan fingerprint density at radius 3 is 3.00 bits per heavy atom. The molecular formula is C16H20N4O2. The number of rotatable bonds is 4. The molecule has 1 atom stereocenters. The maximum absolute atomic E-state index is 12.8. The summed E-state index contributed by atoms with van der Waals surface area (Å²) in [6, 6.07) is 7.61. The number of likely N-dealkylation sites (tertiary alicyclic amines) is 1. The standard InChI is InChI=1S/C16H20N4O2/c21-10-13-4-3-7-19(8-13)16(22)15-6-2-1-5-14(15)9-20-12-17-11-18-20/h1-2,5-6,11-13,21H,3-4,7-10H2. The molecule has 1 aromatic heterocycles. The molecule has 1 aromatic carbocycles. The summed E-state index contributed by atoms with van der Waals surface area (Å²) in [6.45, 7) is 2.06. The second-order valence-corrected chi connectivity index (χ2v) is 5.69.